The summed E-state index contributed by atoms with van der Waals surface area (Å²) in [6, 6.07) is -0.0175. The Kier molecular flexibility index (Phi) is 2.63. The summed E-state index contributed by atoms with van der Waals surface area (Å²) >= 11 is 0. The summed E-state index contributed by atoms with van der Waals surface area (Å²) in [4.78, 5) is 30.3. The highest BCUT2D eigenvalue weighted by Gasteiger charge is 2.32. The smallest absolute Gasteiger partial charge is 0.358 e. The van der Waals surface area contributed by atoms with Crippen molar-refractivity contribution < 1.29 is 9.90 Å². The highest BCUT2D eigenvalue weighted by Crippen LogP contribution is 2.27. The van der Waals surface area contributed by atoms with Gasteiger partial charge in [-0.3, -0.25) is 4.79 Å². The number of anilines is 2. The summed E-state index contributed by atoms with van der Waals surface area (Å²) in [7, 11) is 0. The normalized spacial score (nSPS) is 15.1. The molecule has 1 aliphatic heterocycles. The number of carboxylic acids is 1. The minimum Gasteiger partial charge on any atom is -0.476 e. The van der Waals surface area contributed by atoms with Crippen LogP contribution in [0.15, 0.2) is 17.3 Å². The number of hydrogen-bond donors (Lipinski definition) is 3. The highest BCUT2D eigenvalue weighted by molar-refractivity contribution is 5.84. The summed E-state index contributed by atoms with van der Waals surface area (Å²) in [6.45, 7) is 1.06. The van der Waals surface area contributed by atoms with Gasteiger partial charge in [0, 0.05) is 13.1 Å². The summed E-state index contributed by atoms with van der Waals surface area (Å²) in [5.74, 6) is -0.698. The first kappa shape index (κ1) is 12.1. The minimum absolute atomic E-state index is 0.0175. The number of aromatic nitrogens is 5. The van der Waals surface area contributed by atoms with Gasteiger partial charge in [-0.25, -0.2) is 14.5 Å². The Labute approximate surface area is 111 Å². The van der Waals surface area contributed by atoms with Crippen LogP contribution in [0, 0.1) is 0 Å². The largest absolute Gasteiger partial charge is 0.476 e. The first-order valence-electron chi connectivity index (χ1n) is 5.79. The predicted octanol–water partition coefficient (Wildman–Crippen LogP) is -1.30. The molecule has 0 amide bonds. The molecule has 0 bridgehead atoms. The van der Waals surface area contributed by atoms with E-state index in [1.807, 2.05) is 4.90 Å². The number of nitrogens with two attached hydrogens (primary N) is 1. The first-order chi connectivity index (χ1) is 9.56. The van der Waals surface area contributed by atoms with Crippen molar-refractivity contribution in [3.8, 4) is 0 Å². The van der Waals surface area contributed by atoms with Gasteiger partial charge < -0.3 is 20.7 Å². The van der Waals surface area contributed by atoms with Crippen LogP contribution in [-0.4, -0.2) is 49.1 Å². The second-order valence-corrected chi connectivity index (χ2v) is 4.42. The van der Waals surface area contributed by atoms with E-state index < -0.39 is 5.97 Å². The number of nitrogens with one attached hydrogen (secondary N) is 1. The molecule has 104 valence electrons. The van der Waals surface area contributed by atoms with Gasteiger partial charge in [0.15, 0.2) is 11.5 Å². The number of aromatic amines is 1. The van der Waals surface area contributed by atoms with Crippen LogP contribution in [0.3, 0.4) is 0 Å². The Hall–Kier alpha value is -2.91. The third-order valence-corrected chi connectivity index (χ3v) is 3.13. The second-order valence-electron chi connectivity index (χ2n) is 4.42. The molecule has 0 unspecified atom stereocenters. The fraction of sp³-hybridized carbons (Fsp3) is 0.300. The predicted molar refractivity (Wildman–Crippen MR) is 67.5 cm³/mol. The number of hydrogen-bond acceptors (Lipinski definition) is 7. The molecule has 1 fully saturated rings. The van der Waals surface area contributed by atoms with Crippen LogP contribution in [0.5, 0.6) is 0 Å². The maximum absolute atomic E-state index is 11.4. The molecule has 2 aromatic rings. The fourth-order valence-electron chi connectivity index (χ4n) is 2.00. The number of nitrogen functional groups attached to an aromatic ring is 1. The van der Waals surface area contributed by atoms with Gasteiger partial charge in [0.25, 0.3) is 5.56 Å². The molecule has 2 aromatic heterocycles. The maximum Gasteiger partial charge on any atom is 0.358 e. The molecular formula is C10H11N7O3. The highest BCUT2D eigenvalue weighted by atomic mass is 16.4. The Bertz CT molecular complexity index is 716. The molecule has 3 rings (SSSR count). The van der Waals surface area contributed by atoms with E-state index in [0.29, 0.717) is 18.9 Å². The lowest BCUT2D eigenvalue weighted by Crippen LogP contribution is -2.49. The SMILES string of the molecule is Nc1c(N2CC(n3cc(C(=O)O)nn3)C2)nc[nH]c1=O. The van der Waals surface area contributed by atoms with Gasteiger partial charge in [0.1, 0.15) is 5.69 Å². The molecule has 0 spiro atoms. The van der Waals surface area contributed by atoms with E-state index in [9.17, 15) is 9.59 Å². The number of carboxylic acid groups (broad SMARTS) is 1. The van der Waals surface area contributed by atoms with Gasteiger partial charge in [0.05, 0.1) is 18.6 Å². The second kappa shape index (κ2) is 4.33. The van der Waals surface area contributed by atoms with Crippen molar-refractivity contribution >= 4 is 17.5 Å². The quantitative estimate of drug-likeness (QED) is 0.628. The van der Waals surface area contributed by atoms with Crippen molar-refractivity contribution in [2.45, 2.75) is 6.04 Å². The molecule has 0 saturated carbocycles. The lowest BCUT2D eigenvalue weighted by Gasteiger charge is -2.39. The lowest BCUT2D eigenvalue weighted by atomic mass is 10.1. The van der Waals surface area contributed by atoms with Crippen LogP contribution < -0.4 is 16.2 Å². The number of carbonyl (C=O) groups is 1. The molecule has 0 aromatic carbocycles. The summed E-state index contributed by atoms with van der Waals surface area (Å²) < 4.78 is 1.49. The van der Waals surface area contributed by atoms with Crippen molar-refractivity contribution in [3.05, 3.63) is 28.6 Å². The van der Waals surface area contributed by atoms with Gasteiger partial charge in [-0.2, -0.15) is 0 Å². The topological polar surface area (TPSA) is 143 Å². The van der Waals surface area contributed by atoms with E-state index >= 15 is 0 Å². The summed E-state index contributed by atoms with van der Waals surface area (Å²) in [5, 5.41) is 16.1. The third kappa shape index (κ3) is 1.86. The van der Waals surface area contributed by atoms with Gasteiger partial charge >= 0.3 is 5.97 Å². The van der Waals surface area contributed by atoms with Crippen molar-refractivity contribution in [3.63, 3.8) is 0 Å². The summed E-state index contributed by atoms with van der Waals surface area (Å²) in [5.41, 5.74) is 5.24. The molecule has 20 heavy (non-hydrogen) atoms. The standard InChI is InChI=1S/C10H11N7O3/c11-7-8(12-4-13-9(7)18)16-1-5(2-16)17-3-6(10(19)20)14-15-17/h3-5H,1-2,11H2,(H,19,20)(H,12,13,18). The van der Waals surface area contributed by atoms with Gasteiger partial charge in [-0.05, 0) is 0 Å². The molecule has 1 saturated heterocycles. The Morgan fingerprint density at radius 2 is 2.25 bits per heavy atom. The number of H-pyrrole nitrogens is 1. The number of nitrogens with zero attached hydrogens (tertiary/aromatic N) is 5. The molecule has 3 heterocycles. The van der Waals surface area contributed by atoms with Crippen molar-refractivity contribution in [1.82, 2.24) is 25.0 Å². The number of aromatic carboxylic acids is 1. The summed E-state index contributed by atoms with van der Waals surface area (Å²) in [6.07, 6.45) is 2.66. The van der Waals surface area contributed by atoms with E-state index in [1.54, 1.807) is 0 Å². The Balaban J connectivity index is 1.73. The average Bonchev–Trinajstić information content (AvgIpc) is 2.82. The average molecular weight is 277 g/mol. The van der Waals surface area contributed by atoms with Crippen molar-refractivity contribution in [1.29, 1.82) is 0 Å². The molecule has 1 aliphatic rings. The van der Waals surface area contributed by atoms with Gasteiger partial charge in [0.2, 0.25) is 0 Å². The number of rotatable bonds is 3. The lowest BCUT2D eigenvalue weighted by molar-refractivity contribution is 0.0690. The van der Waals surface area contributed by atoms with Crippen LogP contribution in [-0.2, 0) is 0 Å². The van der Waals surface area contributed by atoms with Crippen LogP contribution >= 0.6 is 0 Å². The molecule has 10 heteroatoms. The van der Waals surface area contributed by atoms with Crippen LogP contribution in [0.4, 0.5) is 11.5 Å². The van der Waals surface area contributed by atoms with Crippen LogP contribution in [0.25, 0.3) is 0 Å². The first-order valence-corrected chi connectivity index (χ1v) is 5.79. The van der Waals surface area contributed by atoms with Crippen molar-refractivity contribution in [2.24, 2.45) is 0 Å². The zero-order chi connectivity index (χ0) is 14.3. The Morgan fingerprint density at radius 3 is 2.90 bits per heavy atom. The van der Waals surface area contributed by atoms with E-state index in [-0.39, 0.29) is 23.0 Å². The molecule has 0 aliphatic carbocycles. The van der Waals surface area contributed by atoms with Crippen molar-refractivity contribution in [2.75, 3.05) is 23.7 Å². The Morgan fingerprint density at radius 1 is 1.50 bits per heavy atom. The zero-order valence-corrected chi connectivity index (χ0v) is 10.2. The zero-order valence-electron chi connectivity index (χ0n) is 10.2. The molecule has 4 N–H and O–H groups in total. The van der Waals surface area contributed by atoms with Crippen LogP contribution in [0.2, 0.25) is 0 Å². The monoisotopic (exact) mass is 277 g/mol. The third-order valence-electron chi connectivity index (χ3n) is 3.13. The van der Waals surface area contributed by atoms with Crippen LogP contribution in [0.1, 0.15) is 16.5 Å². The maximum atomic E-state index is 11.4. The van der Waals surface area contributed by atoms with Gasteiger partial charge in [-0.15, -0.1) is 5.10 Å². The molecule has 0 atom stereocenters. The van der Waals surface area contributed by atoms with E-state index in [1.165, 1.54) is 17.2 Å². The van der Waals surface area contributed by atoms with Gasteiger partial charge in [-0.1, -0.05) is 5.21 Å². The molecule has 0 radical (unpaired) electrons. The molecular weight excluding hydrogens is 266 g/mol. The molecule has 10 nitrogen and oxygen atoms in total. The van der Waals surface area contributed by atoms with E-state index in [4.69, 9.17) is 10.8 Å². The fourth-order valence-corrected chi connectivity index (χ4v) is 2.00. The van der Waals surface area contributed by atoms with E-state index in [2.05, 4.69) is 20.3 Å². The van der Waals surface area contributed by atoms with E-state index in [0.717, 1.165) is 0 Å². The minimum atomic E-state index is -1.12.